The Morgan fingerprint density at radius 3 is 3.12 bits per heavy atom. The van der Waals surface area contributed by atoms with Gasteiger partial charge in [-0.2, -0.15) is 0 Å². The van der Waals surface area contributed by atoms with Gasteiger partial charge < -0.3 is 14.3 Å². The first kappa shape index (κ1) is 16.5. The molecule has 0 saturated heterocycles. The van der Waals surface area contributed by atoms with Gasteiger partial charge in [-0.05, 0) is 24.6 Å². The molecular formula is C18H17N5O2S. The van der Waals surface area contributed by atoms with Gasteiger partial charge in [0, 0.05) is 13.0 Å². The molecule has 1 N–H and O–H groups in total. The van der Waals surface area contributed by atoms with Gasteiger partial charge in [-0.1, -0.05) is 6.07 Å². The molecule has 0 spiro atoms. The zero-order valence-corrected chi connectivity index (χ0v) is 15.0. The van der Waals surface area contributed by atoms with E-state index < -0.39 is 0 Å². The van der Waals surface area contributed by atoms with E-state index in [1.54, 1.807) is 22.6 Å². The molecule has 0 unspecified atom stereocenters. The fourth-order valence-electron chi connectivity index (χ4n) is 2.83. The third kappa shape index (κ3) is 3.36. The van der Waals surface area contributed by atoms with Gasteiger partial charge in [0.1, 0.15) is 0 Å². The number of aromatic nitrogens is 4. The van der Waals surface area contributed by atoms with Gasteiger partial charge in [0.2, 0.25) is 5.76 Å². The van der Waals surface area contributed by atoms with Crippen molar-refractivity contribution in [1.29, 1.82) is 0 Å². The van der Waals surface area contributed by atoms with Gasteiger partial charge >= 0.3 is 0 Å². The number of benzene rings is 1. The molecule has 1 amide bonds. The molecule has 0 bridgehead atoms. The molecule has 132 valence electrons. The molecule has 0 saturated carbocycles. The van der Waals surface area contributed by atoms with E-state index in [9.17, 15) is 4.79 Å². The Labute approximate surface area is 153 Å². The van der Waals surface area contributed by atoms with Gasteiger partial charge in [0.15, 0.2) is 6.39 Å². The number of oxazole rings is 1. The highest BCUT2D eigenvalue weighted by atomic mass is 32.1. The topological polar surface area (TPSA) is 87.9 Å². The van der Waals surface area contributed by atoms with Gasteiger partial charge in [0.05, 0.1) is 46.2 Å². The van der Waals surface area contributed by atoms with Crippen LogP contribution in [0, 0.1) is 6.92 Å². The standard InChI is InChI=1S/C10H10N4O2.C8H7NS/c15-10(9-3-11-6-16-9)14-2-1-7-8(4-14)13-5-12-7;1-6-2-3-8-7(4-6)9-5-10-8/h3,5-6H,1-2,4H2,(H,12,13);2-5H,1H3. The molecule has 0 atom stereocenters. The molecule has 4 aromatic rings. The second kappa shape index (κ2) is 7.09. The molecule has 0 radical (unpaired) electrons. The summed E-state index contributed by atoms with van der Waals surface area (Å²) in [6, 6.07) is 6.33. The van der Waals surface area contributed by atoms with Crippen LogP contribution in [0.2, 0.25) is 0 Å². The Balaban J connectivity index is 0.000000144. The van der Waals surface area contributed by atoms with Crippen molar-refractivity contribution in [3.63, 3.8) is 0 Å². The lowest BCUT2D eigenvalue weighted by Crippen LogP contribution is -2.35. The first-order chi connectivity index (χ1) is 12.7. The molecule has 26 heavy (non-hydrogen) atoms. The highest BCUT2D eigenvalue weighted by Crippen LogP contribution is 2.18. The zero-order valence-electron chi connectivity index (χ0n) is 14.2. The number of amides is 1. The fraction of sp³-hybridized carbons (Fsp3) is 0.222. The van der Waals surface area contributed by atoms with Gasteiger partial charge in [-0.15, -0.1) is 11.3 Å². The van der Waals surface area contributed by atoms with E-state index in [1.807, 2.05) is 5.51 Å². The number of H-pyrrole nitrogens is 1. The average molecular weight is 367 g/mol. The van der Waals surface area contributed by atoms with Crippen LogP contribution in [0.25, 0.3) is 10.2 Å². The van der Waals surface area contributed by atoms with Crippen molar-refractivity contribution in [3.8, 4) is 0 Å². The van der Waals surface area contributed by atoms with Crippen LogP contribution in [-0.2, 0) is 13.0 Å². The summed E-state index contributed by atoms with van der Waals surface area (Å²) >= 11 is 1.68. The summed E-state index contributed by atoms with van der Waals surface area (Å²) in [7, 11) is 0. The number of fused-ring (bicyclic) bond motifs is 2. The fourth-order valence-corrected chi connectivity index (χ4v) is 3.49. The first-order valence-electron chi connectivity index (χ1n) is 8.19. The smallest absolute Gasteiger partial charge is 0.291 e. The minimum Gasteiger partial charge on any atom is -0.438 e. The largest absolute Gasteiger partial charge is 0.438 e. The molecule has 0 aliphatic carbocycles. The van der Waals surface area contributed by atoms with E-state index in [4.69, 9.17) is 4.42 Å². The van der Waals surface area contributed by atoms with Crippen molar-refractivity contribution >= 4 is 27.5 Å². The quantitative estimate of drug-likeness (QED) is 0.558. The third-order valence-electron chi connectivity index (χ3n) is 4.19. The number of imidazole rings is 1. The monoisotopic (exact) mass is 367 g/mol. The Morgan fingerprint density at radius 1 is 1.35 bits per heavy atom. The molecule has 1 aromatic carbocycles. The van der Waals surface area contributed by atoms with Crippen molar-refractivity contribution in [2.45, 2.75) is 19.9 Å². The lowest BCUT2D eigenvalue weighted by Gasteiger charge is -2.25. The summed E-state index contributed by atoms with van der Waals surface area (Å²) in [5.74, 6) is 0.153. The summed E-state index contributed by atoms with van der Waals surface area (Å²) in [6.07, 6.45) is 5.13. The summed E-state index contributed by atoms with van der Waals surface area (Å²) in [4.78, 5) is 28.8. The third-order valence-corrected chi connectivity index (χ3v) is 5.00. The molecular weight excluding hydrogens is 350 g/mol. The van der Waals surface area contributed by atoms with Gasteiger partial charge in [-0.3, -0.25) is 4.79 Å². The summed E-state index contributed by atoms with van der Waals surface area (Å²) in [5.41, 5.74) is 6.31. The minimum absolute atomic E-state index is 0.127. The number of hydrogen-bond donors (Lipinski definition) is 1. The van der Waals surface area contributed by atoms with E-state index in [-0.39, 0.29) is 11.7 Å². The van der Waals surface area contributed by atoms with Crippen LogP contribution in [-0.4, -0.2) is 37.3 Å². The Kier molecular flexibility index (Phi) is 4.49. The second-order valence-corrected chi connectivity index (χ2v) is 6.88. The molecule has 5 rings (SSSR count). The number of aryl methyl sites for hydroxylation is 1. The predicted molar refractivity (Wildman–Crippen MR) is 97.9 cm³/mol. The van der Waals surface area contributed by atoms with E-state index in [1.165, 1.54) is 22.9 Å². The predicted octanol–water partition coefficient (Wildman–Crippen LogP) is 3.20. The molecule has 3 aromatic heterocycles. The van der Waals surface area contributed by atoms with Crippen LogP contribution >= 0.6 is 11.3 Å². The van der Waals surface area contributed by atoms with Crippen molar-refractivity contribution in [1.82, 2.24) is 24.8 Å². The van der Waals surface area contributed by atoms with Crippen LogP contribution in [0.3, 0.4) is 0 Å². The van der Waals surface area contributed by atoms with E-state index in [0.717, 1.165) is 23.3 Å². The first-order valence-corrected chi connectivity index (χ1v) is 9.07. The Morgan fingerprint density at radius 2 is 2.27 bits per heavy atom. The molecule has 4 heterocycles. The van der Waals surface area contributed by atoms with E-state index >= 15 is 0 Å². The van der Waals surface area contributed by atoms with Gasteiger partial charge in [-0.25, -0.2) is 15.0 Å². The number of nitrogens with one attached hydrogen (secondary N) is 1. The maximum absolute atomic E-state index is 12.0. The normalized spacial score (nSPS) is 13.2. The number of carbonyl (C=O) groups is 1. The molecule has 7 nitrogen and oxygen atoms in total. The number of rotatable bonds is 1. The van der Waals surface area contributed by atoms with Crippen LogP contribution in [0.4, 0.5) is 0 Å². The SMILES string of the molecule is Cc1ccc2scnc2c1.O=C(c1cnco1)N1CCc2nc[nH]c2C1. The minimum atomic E-state index is -0.127. The number of hydrogen-bond acceptors (Lipinski definition) is 6. The van der Waals surface area contributed by atoms with Crippen LogP contribution < -0.4 is 0 Å². The molecule has 1 aliphatic heterocycles. The number of carbonyl (C=O) groups excluding carboxylic acids is 1. The second-order valence-electron chi connectivity index (χ2n) is 5.99. The highest BCUT2D eigenvalue weighted by Gasteiger charge is 2.24. The van der Waals surface area contributed by atoms with Gasteiger partial charge in [0.25, 0.3) is 5.91 Å². The highest BCUT2D eigenvalue weighted by molar-refractivity contribution is 7.16. The van der Waals surface area contributed by atoms with Crippen molar-refractivity contribution < 1.29 is 9.21 Å². The van der Waals surface area contributed by atoms with Crippen LogP contribution in [0.15, 0.2) is 47.0 Å². The lowest BCUT2D eigenvalue weighted by atomic mass is 10.1. The molecule has 0 fully saturated rings. The summed E-state index contributed by atoms with van der Waals surface area (Å²) < 4.78 is 6.26. The Bertz CT molecular complexity index is 1020. The molecule has 1 aliphatic rings. The van der Waals surface area contributed by atoms with Crippen LogP contribution in [0.5, 0.6) is 0 Å². The van der Waals surface area contributed by atoms with Crippen molar-refractivity contribution in [3.05, 3.63) is 65.3 Å². The number of nitrogens with zero attached hydrogens (tertiary/aromatic N) is 4. The average Bonchev–Trinajstić information content (AvgIpc) is 3.40. The van der Waals surface area contributed by atoms with E-state index in [0.29, 0.717) is 13.1 Å². The van der Waals surface area contributed by atoms with Crippen molar-refractivity contribution in [2.24, 2.45) is 0 Å². The number of aromatic amines is 1. The maximum atomic E-state index is 12.0. The Hall–Kier alpha value is -3.00. The summed E-state index contributed by atoms with van der Waals surface area (Å²) in [6.45, 7) is 3.30. The zero-order chi connectivity index (χ0) is 17.9. The van der Waals surface area contributed by atoms with Crippen LogP contribution in [0.1, 0.15) is 27.5 Å². The molecule has 8 heteroatoms. The summed E-state index contributed by atoms with van der Waals surface area (Å²) in [5, 5.41) is 0. The lowest BCUT2D eigenvalue weighted by molar-refractivity contribution is 0.0699. The maximum Gasteiger partial charge on any atom is 0.291 e. The number of thiazole rings is 1. The van der Waals surface area contributed by atoms with Crippen molar-refractivity contribution in [2.75, 3.05) is 6.54 Å². The van der Waals surface area contributed by atoms with E-state index in [2.05, 4.69) is 45.1 Å².